The van der Waals surface area contributed by atoms with E-state index in [1.807, 2.05) is 0 Å². The first-order valence-electron chi connectivity index (χ1n) is 7.72. The quantitative estimate of drug-likeness (QED) is 0.405. The molecule has 0 aliphatic carbocycles. The molecule has 0 spiro atoms. The van der Waals surface area contributed by atoms with E-state index in [1.54, 1.807) is 7.11 Å². The van der Waals surface area contributed by atoms with E-state index in [1.165, 1.54) is 11.1 Å². The van der Waals surface area contributed by atoms with Crippen LogP contribution in [0, 0.1) is 12.8 Å². The zero-order valence-electron chi connectivity index (χ0n) is 14.4. The van der Waals surface area contributed by atoms with Gasteiger partial charge in [-0.25, -0.2) is 0 Å². The largest absolute Gasteiger partial charge is 0.496 e. The number of hydrogen-bond donors (Lipinski definition) is 2. The van der Waals surface area contributed by atoms with Gasteiger partial charge in [-0.15, -0.1) is 24.0 Å². The van der Waals surface area contributed by atoms with Crippen LogP contribution >= 0.6 is 24.0 Å². The number of guanidine groups is 1. The van der Waals surface area contributed by atoms with Crippen LogP contribution in [0.15, 0.2) is 23.2 Å². The van der Waals surface area contributed by atoms with Crippen molar-refractivity contribution >= 4 is 29.9 Å². The van der Waals surface area contributed by atoms with Crippen molar-refractivity contribution in [1.29, 1.82) is 0 Å². The van der Waals surface area contributed by atoms with Crippen LogP contribution in [0.5, 0.6) is 5.75 Å². The van der Waals surface area contributed by atoms with Gasteiger partial charge in [0, 0.05) is 19.6 Å². The van der Waals surface area contributed by atoms with E-state index in [0.29, 0.717) is 5.92 Å². The fraction of sp³-hybridized carbons (Fsp3) is 0.588. The fourth-order valence-electron chi connectivity index (χ4n) is 1.96. The Morgan fingerprint density at radius 3 is 2.59 bits per heavy atom. The Morgan fingerprint density at radius 1 is 1.27 bits per heavy atom. The molecule has 0 aliphatic rings. The molecule has 126 valence electrons. The van der Waals surface area contributed by atoms with Gasteiger partial charge >= 0.3 is 0 Å². The highest BCUT2D eigenvalue weighted by molar-refractivity contribution is 14.0. The van der Waals surface area contributed by atoms with Gasteiger partial charge in [0.1, 0.15) is 5.75 Å². The Labute approximate surface area is 152 Å². The Kier molecular flexibility index (Phi) is 11.1. The molecule has 0 aromatic heterocycles. The van der Waals surface area contributed by atoms with Crippen molar-refractivity contribution in [2.75, 3.05) is 26.7 Å². The van der Waals surface area contributed by atoms with Gasteiger partial charge in [0.05, 0.1) is 7.11 Å². The minimum atomic E-state index is 0. The molecule has 22 heavy (non-hydrogen) atoms. The van der Waals surface area contributed by atoms with Crippen LogP contribution in [0.25, 0.3) is 0 Å². The van der Waals surface area contributed by atoms with Gasteiger partial charge in [-0.05, 0) is 43.4 Å². The SMILES string of the molecule is CCNC(=NCC(C)C)NCCc1ccc(C)c(OC)c1.I. The van der Waals surface area contributed by atoms with Crippen LogP contribution < -0.4 is 15.4 Å². The number of halogens is 1. The maximum atomic E-state index is 5.36. The number of hydrogen-bond acceptors (Lipinski definition) is 2. The number of aliphatic imine (C=N–C) groups is 1. The van der Waals surface area contributed by atoms with Gasteiger partial charge in [0.15, 0.2) is 5.96 Å². The summed E-state index contributed by atoms with van der Waals surface area (Å²) in [5.41, 5.74) is 2.44. The van der Waals surface area contributed by atoms with Crippen LogP contribution in [0.1, 0.15) is 31.9 Å². The van der Waals surface area contributed by atoms with E-state index < -0.39 is 0 Å². The van der Waals surface area contributed by atoms with Crippen LogP contribution in [-0.2, 0) is 6.42 Å². The van der Waals surface area contributed by atoms with Gasteiger partial charge in [0.2, 0.25) is 0 Å². The standard InChI is InChI=1S/C17H29N3O.HI/c1-6-18-17(20-12-13(2)3)19-10-9-15-8-7-14(4)16(11-15)21-5;/h7-8,11,13H,6,9-10,12H2,1-5H3,(H2,18,19,20);1H. The van der Waals surface area contributed by atoms with E-state index in [4.69, 9.17) is 4.74 Å². The summed E-state index contributed by atoms with van der Waals surface area (Å²) in [6.07, 6.45) is 0.947. The monoisotopic (exact) mass is 419 g/mol. The Bertz CT molecular complexity index is 461. The van der Waals surface area contributed by atoms with Crippen molar-refractivity contribution in [3.63, 3.8) is 0 Å². The maximum Gasteiger partial charge on any atom is 0.191 e. The third-order valence-corrected chi connectivity index (χ3v) is 3.14. The second-order valence-electron chi connectivity index (χ2n) is 5.59. The lowest BCUT2D eigenvalue weighted by Crippen LogP contribution is -2.38. The number of nitrogens with zero attached hydrogens (tertiary/aromatic N) is 1. The number of rotatable bonds is 7. The Balaban J connectivity index is 0.00000441. The van der Waals surface area contributed by atoms with Gasteiger partial charge in [-0.2, -0.15) is 0 Å². The highest BCUT2D eigenvalue weighted by Crippen LogP contribution is 2.18. The molecule has 1 aromatic carbocycles. The van der Waals surface area contributed by atoms with Crippen molar-refractivity contribution in [3.8, 4) is 5.75 Å². The summed E-state index contributed by atoms with van der Waals surface area (Å²) in [5, 5.41) is 6.64. The predicted molar refractivity (Wildman–Crippen MR) is 106 cm³/mol. The molecule has 0 unspecified atom stereocenters. The zero-order chi connectivity index (χ0) is 15.7. The van der Waals surface area contributed by atoms with Crippen LogP contribution in [0.3, 0.4) is 0 Å². The number of benzene rings is 1. The summed E-state index contributed by atoms with van der Waals surface area (Å²) in [5.74, 6) is 2.42. The topological polar surface area (TPSA) is 45.7 Å². The fourth-order valence-corrected chi connectivity index (χ4v) is 1.96. The average Bonchev–Trinajstić information content (AvgIpc) is 2.46. The lowest BCUT2D eigenvalue weighted by molar-refractivity contribution is 0.411. The van der Waals surface area contributed by atoms with Gasteiger partial charge in [-0.3, -0.25) is 4.99 Å². The zero-order valence-corrected chi connectivity index (χ0v) is 16.7. The third kappa shape index (κ3) is 7.87. The van der Waals surface area contributed by atoms with Crippen molar-refractivity contribution in [1.82, 2.24) is 10.6 Å². The first-order valence-corrected chi connectivity index (χ1v) is 7.72. The minimum absolute atomic E-state index is 0. The maximum absolute atomic E-state index is 5.36. The summed E-state index contributed by atoms with van der Waals surface area (Å²) < 4.78 is 5.36. The highest BCUT2D eigenvalue weighted by Gasteiger charge is 2.02. The van der Waals surface area contributed by atoms with Crippen molar-refractivity contribution in [2.24, 2.45) is 10.9 Å². The van der Waals surface area contributed by atoms with Crippen LogP contribution in [0.2, 0.25) is 0 Å². The molecule has 0 fully saturated rings. The third-order valence-electron chi connectivity index (χ3n) is 3.14. The molecule has 2 N–H and O–H groups in total. The molecule has 5 heteroatoms. The Morgan fingerprint density at radius 2 is 2.00 bits per heavy atom. The molecule has 0 radical (unpaired) electrons. The molecule has 0 saturated heterocycles. The normalized spacial score (nSPS) is 11.1. The molecule has 0 heterocycles. The molecule has 0 amide bonds. The van der Waals surface area contributed by atoms with E-state index in [9.17, 15) is 0 Å². The van der Waals surface area contributed by atoms with E-state index in [2.05, 4.69) is 61.5 Å². The number of aryl methyl sites for hydroxylation is 1. The highest BCUT2D eigenvalue weighted by atomic mass is 127. The summed E-state index contributed by atoms with van der Waals surface area (Å²) in [4.78, 5) is 4.56. The summed E-state index contributed by atoms with van der Waals surface area (Å²) in [7, 11) is 1.71. The second-order valence-corrected chi connectivity index (χ2v) is 5.59. The molecule has 1 aromatic rings. The van der Waals surface area contributed by atoms with E-state index in [-0.39, 0.29) is 24.0 Å². The van der Waals surface area contributed by atoms with Gasteiger partial charge < -0.3 is 15.4 Å². The smallest absolute Gasteiger partial charge is 0.191 e. The summed E-state index contributed by atoms with van der Waals surface area (Å²) in [6, 6.07) is 6.36. The van der Waals surface area contributed by atoms with E-state index >= 15 is 0 Å². The van der Waals surface area contributed by atoms with Gasteiger partial charge in [0.25, 0.3) is 0 Å². The van der Waals surface area contributed by atoms with Crippen LogP contribution in [0.4, 0.5) is 0 Å². The predicted octanol–water partition coefficient (Wildman–Crippen LogP) is 3.38. The number of nitrogens with one attached hydrogen (secondary N) is 2. The number of methoxy groups -OCH3 is 1. The van der Waals surface area contributed by atoms with Crippen molar-refractivity contribution in [2.45, 2.75) is 34.1 Å². The lowest BCUT2D eigenvalue weighted by atomic mass is 10.1. The number of ether oxygens (including phenoxy) is 1. The molecule has 1 rings (SSSR count). The first kappa shape index (κ1) is 21.0. The Hall–Kier alpha value is -0.980. The van der Waals surface area contributed by atoms with E-state index in [0.717, 1.165) is 37.8 Å². The summed E-state index contributed by atoms with van der Waals surface area (Å²) >= 11 is 0. The molecule has 0 bridgehead atoms. The lowest BCUT2D eigenvalue weighted by Gasteiger charge is -2.12. The first-order chi connectivity index (χ1) is 10.1. The average molecular weight is 419 g/mol. The molecular formula is C17H30IN3O. The van der Waals surface area contributed by atoms with Crippen molar-refractivity contribution < 1.29 is 4.74 Å². The second kappa shape index (κ2) is 11.6. The molecule has 0 aliphatic heterocycles. The molecular weight excluding hydrogens is 389 g/mol. The molecule has 4 nitrogen and oxygen atoms in total. The van der Waals surface area contributed by atoms with Crippen molar-refractivity contribution in [3.05, 3.63) is 29.3 Å². The molecule has 0 atom stereocenters. The van der Waals surface area contributed by atoms with Gasteiger partial charge in [-0.1, -0.05) is 26.0 Å². The summed E-state index contributed by atoms with van der Waals surface area (Å²) in [6.45, 7) is 11.1. The van der Waals surface area contributed by atoms with Crippen LogP contribution in [-0.4, -0.2) is 32.7 Å². The molecule has 0 saturated carbocycles. The minimum Gasteiger partial charge on any atom is -0.496 e.